The molecule has 1 amide bonds. The molecule has 0 radical (unpaired) electrons. The molecule has 2 heterocycles. The molecule has 178 valence electrons. The van der Waals surface area contributed by atoms with Crippen molar-refractivity contribution >= 4 is 11.7 Å². The molecule has 3 aromatic rings. The molecular weight excluding hydrogens is 441 g/mol. The Kier molecular flexibility index (Phi) is 5.56. The van der Waals surface area contributed by atoms with E-state index in [4.69, 9.17) is 9.47 Å². The van der Waals surface area contributed by atoms with Gasteiger partial charge in [0.15, 0.2) is 0 Å². The van der Waals surface area contributed by atoms with Crippen LogP contribution < -0.4 is 4.74 Å². The van der Waals surface area contributed by atoms with Gasteiger partial charge in [0.2, 0.25) is 0 Å². The summed E-state index contributed by atoms with van der Waals surface area (Å²) in [5.41, 5.74) is 6.27. The summed E-state index contributed by atoms with van der Waals surface area (Å²) in [6, 6.07) is 21.5. The number of carbonyl (C=O) groups excluding carboxylic acids is 1. The lowest BCUT2D eigenvalue weighted by atomic mass is 9.94. The van der Waals surface area contributed by atoms with Gasteiger partial charge in [-0.1, -0.05) is 60.7 Å². The molecule has 2 aliphatic heterocycles. The largest absolute Gasteiger partial charge is 0.493 e. The van der Waals surface area contributed by atoms with Gasteiger partial charge in [-0.25, -0.2) is 9.18 Å². The molecule has 0 saturated carbocycles. The Morgan fingerprint density at radius 3 is 2.37 bits per heavy atom. The number of benzene rings is 3. The summed E-state index contributed by atoms with van der Waals surface area (Å²) >= 11 is 0. The lowest BCUT2D eigenvalue weighted by Crippen LogP contribution is -2.43. The highest BCUT2D eigenvalue weighted by molar-refractivity contribution is 5.80. The molecule has 2 unspecified atom stereocenters. The number of nitrogens with zero attached hydrogens (tertiary/aromatic N) is 1. The van der Waals surface area contributed by atoms with E-state index in [0.29, 0.717) is 30.9 Å². The predicted molar refractivity (Wildman–Crippen MR) is 134 cm³/mol. The van der Waals surface area contributed by atoms with Crippen LogP contribution >= 0.6 is 0 Å². The molecule has 1 saturated heterocycles. The SMILES string of the molecule is CCOc1cccc(F)c1C1=CC2CCC(C1)N2C(=O)OCC1c2ccccc2-c2ccccc21. The van der Waals surface area contributed by atoms with Gasteiger partial charge in [0.1, 0.15) is 18.2 Å². The minimum atomic E-state index is -0.284. The van der Waals surface area contributed by atoms with Crippen molar-refractivity contribution < 1.29 is 18.7 Å². The van der Waals surface area contributed by atoms with Gasteiger partial charge in [0.25, 0.3) is 0 Å². The van der Waals surface area contributed by atoms with Crippen LogP contribution in [0.15, 0.2) is 72.8 Å². The van der Waals surface area contributed by atoms with Crippen molar-refractivity contribution in [3.63, 3.8) is 0 Å². The van der Waals surface area contributed by atoms with E-state index in [1.54, 1.807) is 6.07 Å². The normalized spacial score (nSPS) is 20.3. The molecule has 0 spiro atoms. The summed E-state index contributed by atoms with van der Waals surface area (Å²) in [4.78, 5) is 15.2. The van der Waals surface area contributed by atoms with E-state index in [0.717, 1.165) is 18.4 Å². The molecule has 6 rings (SSSR count). The zero-order chi connectivity index (χ0) is 23.9. The molecule has 1 fully saturated rings. The van der Waals surface area contributed by atoms with Gasteiger partial charge in [-0.2, -0.15) is 0 Å². The van der Waals surface area contributed by atoms with Crippen LogP contribution in [0.5, 0.6) is 5.75 Å². The maximum Gasteiger partial charge on any atom is 0.410 e. The molecule has 2 bridgehead atoms. The summed E-state index contributed by atoms with van der Waals surface area (Å²) < 4.78 is 26.4. The van der Waals surface area contributed by atoms with Crippen LogP contribution in [0.3, 0.4) is 0 Å². The number of amides is 1. The van der Waals surface area contributed by atoms with Crippen molar-refractivity contribution in [1.29, 1.82) is 0 Å². The molecule has 3 aromatic carbocycles. The van der Waals surface area contributed by atoms with Crippen LogP contribution in [0, 0.1) is 5.82 Å². The third kappa shape index (κ3) is 3.70. The number of hydrogen-bond donors (Lipinski definition) is 0. The molecule has 0 aromatic heterocycles. The van der Waals surface area contributed by atoms with E-state index < -0.39 is 0 Å². The minimum Gasteiger partial charge on any atom is -0.493 e. The van der Waals surface area contributed by atoms with Crippen molar-refractivity contribution in [3.05, 3.63) is 95.3 Å². The van der Waals surface area contributed by atoms with E-state index in [1.165, 1.54) is 28.3 Å². The van der Waals surface area contributed by atoms with Crippen LogP contribution in [-0.4, -0.2) is 36.3 Å². The number of carbonyl (C=O) groups is 1. The monoisotopic (exact) mass is 469 g/mol. The van der Waals surface area contributed by atoms with Crippen molar-refractivity contribution in [1.82, 2.24) is 4.90 Å². The zero-order valence-electron chi connectivity index (χ0n) is 19.7. The maximum atomic E-state index is 14.8. The highest BCUT2D eigenvalue weighted by Crippen LogP contribution is 2.45. The molecule has 3 aliphatic rings. The van der Waals surface area contributed by atoms with E-state index in [-0.39, 0.29) is 29.9 Å². The number of halogens is 1. The number of fused-ring (bicyclic) bond motifs is 5. The Morgan fingerprint density at radius 1 is 0.971 bits per heavy atom. The Morgan fingerprint density at radius 2 is 1.69 bits per heavy atom. The molecule has 0 N–H and O–H groups in total. The van der Waals surface area contributed by atoms with Gasteiger partial charge in [-0.05, 0) is 66.1 Å². The molecule has 2 atom stereocenters. The standard InChI is InChI=1S/C30H28FNO3/c1-2-34-28-13-7-12-27(31)29(28)19-16-20-14-15-21(17-19)32(20)30(33)35-18-26-24-10-5-3-8-22(24)23-9-4-6-11-25(23)26/h3-13,16,20-21,26H,2,14-15,17-18H2,1H3. The van der Waals surface area contributed by atoms with Gasteiger partial charge in [0.05, 0.1) is 18.2 Å². The first-order chi connectivity index (χ1) is 17.2. The first-order valence-corrected chi connectivity index (χ1v) is 12.4. The molecular formula is C30H28FNO3. The Hall–Kier alpha value is -3.60. The molecule has 1 aliphatic carbocycles. The second kappa shape index (κ2) is 8.88. The van der Waals surface area contributed by atoms with Crippen molar-refractivity contribution in [2.75, 3.05) is 13.2 Å². The minimum absolute atomic E-state index is 0.00438. The quantitative estimate of drug-likeness (QED) is 0.413. The third-order valence-electron chi connectivity index (χ3n) is 7.54. The number of rotatable bonds is 5. The fourth-order valence-corrected chi connectivity index (χ4v) is 6.06. The summed E-state index contributed by atoms with van der Waals surface area (Å²) in [6.07, 6.45) is 4.09. The molecule has 5 heteroatoms. The maximum absolute atomic E-state index is 14.8. The fourth-order valence-electron chi connectivity index (χ4n) is 6.06. The van der Waals surface area contributed by atoms with Crippen molar-refractivity contribution in [2.24, 2.45) is 0 Å². The highest BCUT2D eigenvalue weighted by atomic mass is 19.1. The van der Waals surface area contributed by atoms with Crippen molar-refractivity contribution in [2.45, 2.75) is 44.2 Å². The molecule has 35 heavy (non-hydrogen) atoms. The average molecular weight is 470 g/mol. The highest BCUT2D eigenvalue weighted by Gasteiger charge is 2.42. The van der Waals surface area contributed by atoms with E-state index in [9.17, 15) is 9.18 Å². The Bertz CT molecular complexity index is 1270. The molecule has 4 nitrogen and oxygen atoms in total. The lowest BCUT2D eigenvalue weighted by Gasteiger charge is -2.34. The predicted octanol–water partition coefficient (Wildman–Crippen LogP) is 6.79. The van der Waals surface area contributed by atoms with E-state index in [1.807, 2.05) is 48.2 Å². The van der Waals surface area contributed by atoms with Gasteiger partial charge < -0.3 is 9.47 Å². The average Bonchev–Trinajstić information content (AvgIpc) is 3.34. The second-order valence-corrected chi connectivity index (χ2v) is 9.45. The van der Waals surface area contributed by atoms with Crippen LogP contribution in [0.25, 0.3) is 16.7 Å². The van der Waals surface area contributed by atoms with Gasteiger partial charge in [-0.15, -0.1) is 0 Å². The van der Waals surface area contributed by atoms with Crippen LogP contribution in [0.2, 0.25) is 0 Å². The van der Waals surface area contributed by atoms with Gasteiger partial charge in [-0.3, -0.25) is 4.90 Å². The zero-order valence-corrected chi connectivity index (χ0v) is 19.7. The number of ether oxygens (including phenoxy) is 2. The summed E-state index contributed by atoms with van der Waals surface area (Å²) in [7, 11) is 0. The topological polar surface area (TPSA) is 38.8 Å². The van der Waals surface area contributed by atoms with Gasteiger partial charge in [0, 0.05) is 12.0 Å². The third-order valence-corrected chi connectivity index (χ3v) is 7.54. The van der Waals surface area contributed by atoms with Crippen LogP contribution in [0.4, 0.5) is 9.18 Å². The van der Waals surface area contributed by atoms with Gasteiger partial charge >= 0.3 is 6.09 Å². The lowest BCUT2D eigenvalue weighted by molar-refractivity contribution is 0.0866. The van der Waals surface area contributed by atoms with Crippen molar-refractivity contribution in [3.8, 4) is 16.9 Å². The summed E-state index contributed by atoms with van der Waals surface area (Å²) in [6.45, 7) is 2.68. The fraction of sp³-hybridized carbons (Fsp3) is 0.300. The summed E-state index contributed by atoms with van der Waals surface area (Å²) in [5.74, 6) is 0.316. The smallest absolute Gasteiger partial charge is 0.410 e. The second-order valence-electron chi connectivity index (χ2n) is 9.45. The van der Waals surface area contributed by atoms with E-state index >= 15 is 0 Å². The van der Waals surface area contributed by atoms with E-state index in [2.05, 4.69) is 24.3 Å². The Balaban J connectivity index is 1.22. The number of hydrogen-bond acceptors (Lipinski definition) is 3. The van der Waals surface area contributed by atoms with Crippen LogP contribution in [-0.2, 0) is 4.74 Å². The summed E-state index contributed by atoms with van der Waals surface area (Å²) in [5, 5.41) is 0. The Labute approximate surface area is 205 Å². The first-order valence-electron chi connectivity index (χ1n) is 12.4. The first kappa shape index (κ1) is 21.9. The van der Waals surface area contributed by atoms with Crippen LogP contribution in [0.1, 0.15) is 48.8 Å².